The molecule has 1 heterocycles. The highest BCUT2D eigenvalue weighted by molar-refractivity contribution is 5.20. The largest absolute Gasteiger partial charge is 0.296 e. The van der Waals surface area contributed by atoms with Crippen LogP contribution < -0.4 is 0 Å². The Morgan fingerprint density at radius 1 is 1.17 bits per heavy atom. The first-order chi connectivity index (χ1) is 8.81. The fourth-order valence-electron chi connectivity index (χ4n) is 2.89. The molecule has 1 aliphatic heterocycles. The number of nitrogens with zero attached hydrogens (tertiary/aromatic N) is 1. The van der Waals surface area contributed by atoms with Crippen molar-refractivity contribution in [2.75, 3.05) is 13.1 Å². The summed E-state index contributed by atoms with van der Waals surface area (Å²) in [6.45, 7) is 4.63. The molecule has 0 amide bonds. The van der Waals surface area contributed by atoms with Crippen molar-refractivity contribution in [2.24, 2.45) is 0 Å². The molecule has 1 fully saturated rings. The van der Waals surface area contributed by atoms with Crippen LogP contribution in [-0.4, -0.2) is 18.0 Å². The lowest BCUT2D eigenvalue weighted by molar-refractivity contribution is 0.146. The van der Waals surface area contributed by atoms with Gasteiger partial charge in [0.2, 0.25) is 0 Å². The Morgan fingerprint density at radius 3 is 2.67 bits per heavy atom. The highest BCUT2D eigenvalue weighted by Crippen LogP contribution is 2.31. The van der Waals surface area contributed by atoms with E-state index in [1.54, 1.807) is 12.1 Å². The third-order valence-corrected chi connectivity index (χ3v) is 3.92. The van der Waals surface area contributed by atoms with E-state index in [2.05, 4.69) is 11.8 Å². The first-order valence-electron chi connectivity index (χ1n) is 7.31. The Hall–Kier alpha value is -0.890. The van der Waals surface area contributed by atoms with Crippen molar-refractivity contribution in [3.05, 3.63) is 35.6 Å². The van der Waals surface area contributed by atoms with Gasteiger partial charge < -0.3 is 0 Å². The quantitative estimate of drug-likeness (QED) is 0.692. The van der Waals surface area contributed by atoms with E-state index >= 15 is 0 Å². The molecular formula is C16H24FN. The number of piperidine rings is 1. The Kier molecular flexibility index (Phi) is 5.18. The molecule has 0 aromatic heterocycles. The maximum Gasteiger partial charge on any atom is 0.123 e. The lowest BCUT2D eigenvalue weighted by Crippen LogP contribution is -2.34. The Bertz CT molecular complexity index is 347. The van der Waals surface area contributed by atoms with Crippen LogP contribution in [0.3, 0.4) is 0 Å². The zero-order chi connectivity index (χ0) is 12.8. The summed E-state index contributed by atoms with van der Waals surface area (Å²) in [5.74, 6) is -0.132. The van der Waals surface area contributed by atoms with E-state index in [9.17, 15) is 4.39 Å². The summed E-state index contributed by atoms with van der Waals surface area (Å²) in [6.07, 6.45) is 7.70. The van der Waals surface area contributed by atoms with Crippen molar-refractivity contribution in [3.8, 4) is 0 Å². The van der Waals surface area contributed by atoms with E-state index in [4.69, 9.17) is 0 Å². The third kappa shape index (κ3) is 3.55. The summed E-state index contributed by atoms with van der Waals surface area (Å²) in [7, 11) is 0. The average Bonchev–Trinajstić information content (AvgIpc) is 2.41. The number of likely N-dealkylation sites (tertiary alicyclic amines) is 1. The first-order valence-corrected chi connectivity index (χ1v) is 7.31. The van der Waals surface area contributed by atoms with Crippen LogP contribution in [0.1, 0.15) is 57.1 Å². The van der Waals surface area contributed by atoms with Crippen LogP contribution in [0.5, 0.6) is 0 Å². The van der Waals surface area contributed by atoms with Gasteiger partial charge in [-0.1, -0.05) is 38.3 Å². The topological polar surface area (TPSA) is 3.24 Å². The van der Waals surface area contributed by atoms with Crippen LogP contribution in [0.15, 0.2) is 24.3 Å². The number of unbranched alkanes of at least 4 members (excludes halogenated alkanes) is 2. The number of benzene rings is 1. The fourth-order valence-corrected chi connectivity index (χ4v) is 2.89. The predicted octanol–water partition coefficient (Wildman–Crippen LogP) is 4.54. The Labute approximate surface area is 110 Å². The predicted molar refractivity (Wildman–Crippen MR) is 74.1 cm³/mol. The molecule has 1 aromatic rings. The molecule has 1 aromatic carbocycles. The zero-order valence-electron chi connectivity index (χ0n) is 11.4. The zero-order valence-corrected chi connectivity index (χ0v) is 11.4. The molecule has 0 radical (unpaired) electrons. The van der Waals surface area contributed by atoms with Crippen LogP contribution >= 0.6 is 0 Å². The van der Waals surface area contributed by atoms with Gasteiger partial charge in [0.05, 0.1) is 0 Å². The van der Waals surface area contributed by atoms with E-state index in [1.807, 2.05) is 12.1 Å². The Balaban J connectivity index is 2.00. The second-order valence-electron chi connectivity index (χ2n) is 5.31. The van der Waals surface area contributed by atoms with Crippen LogP contribution in [-0.2, 0) is 0 Å². The lowest BCUT2D eigenvalue weighted by Gasteiger charge is -2.36. The number of hydrogen-bond donors (Lipinski definition) is 0. The summed E-state index contributed by atoms with van der Waals surface area (Å²) >= 11 is 0. The van der Waals surface area contributed by atoms with E-state index < -0.39 is 0 Å². The summed E-state index contributed by atoms with van der Waals surface area (Å²) in [4.78, 5) is 2.59. The van der Waals surface area contributed by atoms with Gasteiger partial charge in [0.25, 0.3) is 0 Å². The van der Waals surface area contributed by atoms with Crippen molar-refractivity contribution >= 4 is 0 Å². The molecule has 0 saturated carbocycles. The molecule has 2 heteroatoms. The first kappa shape index (κ1) is 13.5. The summed E-state index contributed by atoms with van der Waals surface area (Å²) in [6, 6.07) is 7.61. The molecule has 2 rings (SSSR count). The van der Waals surface area contributed by atoms with Crippen LogP contribution in [0.25, 0.3) is 0 Å². The fraction of sp³-hybridized carbons (Fsp3) is 0.625. The van der Waals surface area contributed by atoms with Crippen molar-refractivity contribution in [2.45, 2.75) is 51.5 Å². The Morgan fingerprint density at radius 2 is 1.94 bits per heavy atom. The molecule has 0 aliphatic carbocycles. The van der Waals surface area contributed by atoms with Gasteiger partial charge >= 0.3 is 0 Å². The third-order valence-electron chi connectivity index (χ3n) is 3.92. The molecule has 18 heavy (non-hydrogen) atoms. The van der Waals surface area contributed by atoms with Crippen LogP contribution in [0.4, 0.5) is 4.39 Å². The van der Waals surface area contributed by atoms with Gasteiger partial charge in [-0.15, -0.1) is 0 Å². The monoisotopic (exact) mass is 249 g/mol. The standard InChI is InChI=1S/C16H24FN/c1-2-3-5-12-18-13-6-4-7-16(18)14-8-10-15(17)11-9-14/h8-11,16H,2-7,12-13H2,1H3. The number of hydrogen-bond acceptors (Lipinski definition) is 1. The minimum atomic E-state index is -0.132. The number of halogens is 1. The van der Waals surface area contributed by atoms with Gasteiger partial charge in [-0.25, -0.2) is 4.39 Å². The van der Waals surface area contributed by atoms with Gasteiger partial charge in [-0.2, -0.15) is 0 Å². The molecule has 1 saturated heterocycles. The molecule has 100 valence electrons. The summed E-state index contributed by atoms with van der Waals surface area (Å²) < 4.78 is 13.0. The van der Waals surface area contributed by atoms with Gasteiger partial charge in [0, 0.05) is 6.04 Å². The van der Waals surface area contributed by atoms with Crippen molar-refractivity contribution in [1.82, 2.24) is 4.90 Å². The second-order valence-corrected chi connectivity index (χ2v) is 5.31. The van der Waals surface area contributed by atoms with Crippen molar-refractivity contribution in [1.29, 1.82) is 0 Å². The molecule has 1 aliphatic rings. The smallest absolute Gasteiger partial charge is 0.123 e. The molecule has 0 bridgehead atoms. The summed E-state index contributed by atoms with van der Waals surface area (Å²) in [5.41, 5.74) is 1.28. The molecule has 1 nitrogen and oxygen atoms in total. The van der Waals surface area contributed by atoms with Gasteiger partial charge in [0.1, 0.15) is 5.82 Å². The van der Waals surface area contributed by atoms with Gasteiger partial charge in [-0.3, -0.25) is 4.90 Å². The summed E-state index contributed by atoms with van der Waals surface area (Å²) in [5, 5.41) is 0. The molecule has 1 unspecified atom stereocenters. The minimum Gasteiger partial charge on any atom is -0.296 e. The lowest BCUT2D eigenvalue weighted by atomic mass is 9.95. The highest BCUT2D eigenvalue weighted by atomic mass is 19.1. The van der Waals surface area contributed by atoms with Crippen LogP contribution in [0, 0.1) is 5.82 Å². The molecule has 1 atom stereocenters. The van der Waals surface area contributed by atoms with E-state index in [0.717, 1.165) is 0 Å². The number of rotatable bonds is 5. The maximum absolute atomic E-state index is 13.0. The SMILES string of the molecule is CCCCCN1CCCCC1c1ccc(F)cc1. The molecule has 0 spiro atoms. The van der Waals surface area contributed by atoms with Gasteiger partial charge in [-0.05, 0) is 50.0 Å². The highest BCUT2D eigenvalue weighted by Gasteiger charge is 2.23. The second kappa shape index (κ2) is 6.89. The average molecular weight is 249 g/mol. The minimum absolute atomic E-state index is 0.132. The van der Waals surface area contributed by atoms with Crippen LogP contribution in [0.2, 0.25) is 0 Å². The molecular weight excluding hydrogens is 225 g/mol. The van der Waals surface area contributed by atoms with Crippen molar-refractivity contribution < 1.29 is 4.39 Å². The van der Waals surface area contributed by atoms with E-state index in [-0.39, 0.29) is 5.82 Å². The van der Waals surface area contributed by atoms with E-state index in [0.29, 0.717) is 6.04 Å². The van der Waals surface area contributed by atoms with E-state index in [1.165, 1.54) is 57.2 Å². The normalized spacial score (nSPS) is 21.1. The maximum atomic E-state index is 13.0. The molecule has 0 N–H and O–H groups in total. The van der Waals surface area contributed by atoms with Gasteiger partial charge in [0.15, 0.2) is 0 Å². The van der Waals surface area contributed by atoms with Crippen molar-refractivity contribution in [3.63, 3.8) is 0 Å².